The second kappa shape index (κ2) is 8.26. The number of fused-ring (bicyclic) bond motifs is 3. The van der Waals surface area contributed by atoms with E-state index in [2.05, 4.69) is 40.0 Å². The summed E-state index contributed by atoms with van der Waals surface area (Å²) in [5, 5.41) is 13.2. The zero-order valence-electron chi connectivity index (χ0n) is 15.2. The maximum absolute atomic E-state index is 6.19. The molecule has 1 aliphatic heterocycles. The summed E-state index contributed by atoms with van der Waals surface area (Å²) < 4.78 is 8.24. The van der Waals surface area contributed by atoms with Crippen molar-refractivity contribution < 1.29 is 4.74 Å². The highest BCUT2D eigenvalue weighted by Crippen LogP contribution is 2.36. The predicted molar refractivity (Wildman–Crippen MR) is 105 cm³/mol. The minimum Gasteiger partial charge on any atom is -0.376 e. The lowest BCUT2D eigenvalue weighted by molar-refractivity contribution is -0.0151. The summed E-state index contributed by atoms with van der Waals surface area (Å²) in [6.07, 6.45) is 5.08. The van der Waals surface area contributed by atoms with Gasteiger partial charge in [-0.2, -0.15) is 0 Å². The zero-order valence-corrected chi connectivity index (χ0v) is 16.8. The fourth-order valence-corrected chi connectivity index (χ4v) is 4.23. The van der Waals surface area contributed by atoms with Crippen molar-refractivity contribution in [3.63, 3.8) is 0 Å². The van der Waals surface area contributed by atoms with Crippen LogP contribution < -0.4 is 5.32 Å². The lowest BCUT2D eigenvalue weighted by Crippen LogP contribution is -2.25. The second-order valence-corrected chi connectivity index (χ2v) is 7.78. The maximum atomic E-state index is 6.19. The van der Waals surface area contributed by atoms with Crippen molar-refractivity contribution >= 4 is 24.0 Å². The molecule has 7 heteroatoms. The molecule has 0 spiro atoms. The average Bonchev–Trinajstić information content (AvgIpc) is 2.91. The Balaban J connectivity index is 0.00000196. The SMILES string of the molecule is CC(C)O[C@H]1CC[C@@H](c2nnc3n2-c2ccc(Cl)cc2CNC3)CC1.Cl. The third-order valence-electron chi connectivity index (χ3n) is 5.14. The van der Waals surface area contributed by atoms with E-state index >= 15 is 0 Å². The van der Waals surface area contributed by atoms with Crippen LogP contribution in [0.2, 0.25) is 5.02 Å². The number of nitrogens with one attached hydrogen (secondary N) is 1. The van der Waals surface area contributed by atoms with Gasteiger partial charge >= 0.3 is 0 Å². The Morgan fingerprint density at radius 1 is 1.15 bits per heavy atom. The molecule has 1 saturated carbocycles. The molecule has 5 nitrogen and oxygen atoms in total. The highest BCUT2D eigenvalue weighted by Gasteiger charge is 2.29. The van der Waals surface area contributed by atoms with Crippen LogP contribution in [0.15, 0.2) is 18.2 Å². The van der Waals surface area contributed by atoms with E-state index in [0.29, 0.717) is 18.1 Å². The molecule has 0 saturated heterocycles. The number of hydrogen-bond donors (Lipinski definition) is 1. The maximum Gasteiger partial charge on any atom is 0.151 e. The molecule has 26 heavy (non-hydrogen) atoms. The van der Waals surface area contributed by atoms with Crippen molar-refractivity contribution in [3.8, 4) is 5.69 Å². The van der Waals surface area contributed by atoms with Crippen molar-refractivity contribution in [1.82, 2.24) is 20.1 Å². The third kappa shape index (κ3) is 3.91. The van der Waals surface area contributed by atoms with Crippen LogP contribution in [-0.2, 0) is 17.8 Å². The van der Waals surface area contributed by atoms with E-state index in [9.17, 15) is 0 Å². The van der Waals surface area contributed by atoms with Crippen LogP contribution in [0.5, 0.6) is 0 Å². The third-order valence-corrected chi connectivity index (χ3v) is 5.38. The standard InChI is InChI=1S/C19H25ClN4O.ClH/c1-12(2)25-16-6-3-13(4-7-16)19-23-22-18-11-21-10-14-9-15(20)5-8-17(14)24(18)19;/h5,8-9,12-13,16,21H,3-4,6-7,10-11H2,1-2H3;1H/t13-,16+;. The number of rotatable bonds is 3. The van der Waals surface area contributed by atoms with Gasteiger partial charge in [0, 0.05) is 17.5 Å². The van der Waals surface area contributed by atoms with E-state index < -0.39 is 0 Å². The summed E-state index contributed by atoms with van der Waals surface area (Å²) in [4.78, 5) is 0. The molecule has 0 unspecified atom stereocenters. The molecule has 0 radical (unpaired) electrons. The van der Waals surface area contributed by atoms with Crippen LogP contribution in [0.3, 0.4) is 0 Å². The van der Waals surface area contributed by atoms with Crippen LogP contribution in [0.1, 0.15) is 62.7 Å². The van der Waals surface area contributed by atoms with Gasteiger partial charge in [0.1, 0.15) is 5.82 Å². The number of aromatic nitrogens is 3. The predicted octanol–water partition coefficient (Wildman–Crippen LogP) is 4.40. The summed E-state index contributed by atoms with van der Waals surface area (Å²) in [6, 6.07) is 6.08. The molecule has 1 aromatic carbocycles. The summed E-state index contributed by atoms with van der Waals surface area (Å²) >= 11 is 6.19. The minimum atomic E-state index is 0. The van der Waals surface area contributed by atoms with Gasteiger partial charge in [-0.25, -0.2) is 0 Å². The van der Waals surface area contributed by atoms with E-state index in [4.69, 9.17) is 16.3 Å². The first kappa shape index (κ1) is 19.6. The van der Waals surface area contributed by atoms with Crippen LogP contribution in [-0.4, -0.2) is 27.0 Å². The second-order valence-electron chi connectivity index (χ2n) is 7.34. The molecule has 1 fully saturated rings. The largest absolute Gasteiger partial charge is 0.376 e. The van der Waals surface area contributed by atoms with Crippen LogP contribution in [0, 0.1) is 0 Å². The Hall–Kier alpha value is -1.14. The number of ether oxygens (including phenoxy) is 1. The highest BCUT2D eigenvalue weighted by atomic mass is 35.5. The Bertz CT molecular complexity index is 754. The normalized spacial score (nSPS) is 22.3. The van der Waals surface area contributed by atoms with E-state index in [1.165, 1.54) is 5.56 Å². The molecule has 4 rings (SSSR count). The van der Waals surface area contributed by atoms with Gasteiger partial charge in [0.15, 0.2) is 5.82 Å². The molecule has 0 amide bonds. The topological polar surface area (TPSA) is 52.0 Å². The zero-order chi connectivity index (χ0) is 17.4. The van der Waals surface area contributed by atoms with Gasteiger partial charge < -0.3 is 10.1 Å². The molecule has 2 aliphatic rings. The summed E-state index contributed by atoms with van der Waals surface area (Å²) in [7, 11) is 0. The summed E-state index contributed by atoms with van der Waals surface area (Å²) in [6.45, 7) is 5.75. The first-order valence-corrected chi connectivity index (χ1v) is 9.59. The smallest absolute Gasteiger partial charge is 0.151 e. The van der Waals surface area contributed by atoms with Crippen molar-refractivity contribution in [3.05, 3.63) is 40.4 Å². The first-order chi connectivity index (χ1) is 12.1. The molecule has 0 atom stereocenters. The van der Waals surface area contributed by atoms with Crippen molar-refractivity contribution in [2.24, 2.45) is 0 Å². The molecule has 1 aliphatic carbocycles. The van der Waals surface area contributed by atoms with Crippen molar-refractivity contribution in [2.75, 3.05) is 0 Å². The van der Waals surface area contributed by atoms with Gasteiger partial charge in [-0.3, -0.25) is 4.57 Å². The summed E-state index contributed by atoms with van der Waals surface area (Å²) in [5.41, 5.74) is 2.36. The number of hydrogen-bond acceptors (Lipinski definition) is 4. The molecule has 1 aromatic heterocycles. The van der Waals surface area contributed by atoms with Crippen LogP contribution in [0.4, 0.5) is 0 Å². The summed E-state index contributed by atoms with van der Waals surface area (Å²) in [5.74, 6) is 2.51. The molecular formula is C19H26Cl2N4O. The number of benzene rings is 1. The van der Waals surface area contributed by atoms with Gasteiger partial charge in [0.2, 0.25) is 0 Å². The Labute approximate surface area is 165 Å². The molecule has 0 bridgehead atoms. The first-order valence-electron chi connectivity index (χ1n) is 9.21. The van der Waals surface area contributed by atoms with Gasteiger partial charge in [-0.15, -0.1) is 22.6 Å². The minimum absolute atomic E-state index is 0. The molecule has 2 aromatic rings. The van der Waals surface area contributed by atoms with E-state index in [0.717, 1.165) is 61.1 Å². The molecule has 1 N–H and O–H groups in total. The van der Waals surface area contributed by atoms with E-state index in [1.807, 2.05) is 12.1 Å². The lowest BCUT2D eigenvalue weighted by atomic mass is 9.86. The van der Waals surface area contributed by atoms with Crippen molar-refractivity contribution in [2.45, 2.75) is 70.7 Å². The Kier molecular flexibility index (Phi) is 6.23. The molecule has 2 heterocycles. The molecule has 142 valence electrons. The van der Waals surface area contributed by atoms with Gasteiger partial charge in [-0.1, -0.05) is 11.6 Å². The van der Waals surface area contributed by atoms with Crippen LogP contribution >= 0.6 is 24.0 Å². The van der Waals surface area contributed by atoms with Gasteiger partial charge in [0.05, 0.1) is 24.4 Å². The average molecular weight is 397 g/mol. The Morgan fingerprint density at radius 2 is 1.92 bits per heavy atom. The van der Waals surface area contributed by atoms with E-state index in [-0.39, 0.29) is 12.4 Å². The van der Waals surface area contributed by atoms with E-state index in [1.54, 1.807) is 0 Å². The highest BCUT2D eigenvalue weighted by molar-refractivity contribution is 6.30. The van der Waals surface area contributed by atoms with Crippen molar-refractivity contribution in [1.29, 1.82) is 0 Å². The number of nitrogens with zero attached hydrogens (tertiary/aromatic N) is 3. The quantitative estimate of drug-likeness (QED) is 0.834. The Morgan fingerprint density at radius 3 is 2.65 bits per heavy atom. The van der Waals surface area contributed by atoms with Crippen LogP contribution in [0.25, 0.3) is 5.69 Å². The van der Waals surface area contributed by atoms with Gasteiger partial charge in [-0.05, 0) is 63.3 Å². The lowest BCUT2D eigenvalue weighted by Gasteiger charge is -2.29. The molecular weight excluding hydrogens is 371 g/mol. The monoisotopic (exact) mass is 396 g/mol. The fourth-order valence-electron chi connectivity index (χ4n) is 4.04. The van der Waals surface area contributed by atoms with Gasteiger partial charge in [0.25, 0.3) is 0 Å². The fraction of sp³-hybridized carbons (Fsp3) is 0.579. The number of halogens is 2.